The number of aliphatic hydroxyl groups is 1. The number of hydrogen-bond acceptors (Lipinski definition) is 3. The van der Waals surface area contributed by atoms with Crippen LogP contribution < -0.4 is 5.73 Å². The molecule has 11 heavy (non-hydrogen) atoms. The summed E-state index contributed by atoms with van der Waals surface area (Å²) in [7, 11) is 0. The molecule has 0 saturated heterocycles. The molecule has 1 heterocycles. The molecule has 2 atom stereocenters. The molecule has 0 bridgehead atoms. The van der Waals surface area contributed by atoms with Crippen molar-refractivity contribution in [1.82, 2.24) is 0 Å². The minimum atomic E-state index is -0.506. The van der Waals surface area contributed by atoms with Gasteiger partial charge in [-0.3, -0.25) is 0 Å². The molecule has 1 aromatic heterocycles. The smallest absolute Gasteiger partial charge is 0.103 e. The fraction of sp³-hybridized carbons (Fsp3) is 0.500. The van der Waals surface area contributed by atoms with E-state index in [0.29, 0.717) is 0 Å². The first-order valence-electron chi connectivity index (χ1n) is 3.61. The molecule has 0 spiro atoms. The van der Waals surface area contributed by atoms with Gasteiger partial charge in [-0.25, -0.2) is 0 Å². The molecule has 0 saturated carbocycles. The fourth-order valence-corrected chi connectivity index (χ4v) is 1.85. The quantitative estimate of drug-likeness (QED) is 0.707. The maximum absolute atomic E-state index is 9.50. The van der Waals surface area contributed by atoms with Crippen LogP contribution in [-0.4, -0.2) is 11.1 Å². The highest BCUT2D eigenvalue weighted by Crippen LogP contribution is 2.23. The lowest BCUT2D eigenvalue weighted by atomic mass is 10.2. The highest BCUT2D eigenvalue weighted by atomic mass is 32.1. The molecular weight excluding hydrogens is 158 g/mol. The van der Waals surface area contributed by atoms with Crippen LogP contribution in [0.25, 0.3) is 0 Å². The Morgan fingerprint density at radius 3 is 2.55 bits per heavy atom. The van der Waals surface area contributed by atoms with Crippen molar-refractivity contribution in [1.29, 1.82) is 0 Å². The van der Waals surface area contributed by atoms with Gasteiger partial charge in [-0.1, -0.05) is 0 Å². The zero-order chi connectivity index (χ0) is 8.43. The van der Waals surface area contributed by atoms with E-state index in [-0.39, 0.29) is 6.04 Å². The van der Waals surface area contributed by atoms with Gasteiger partial charge < -0.3 is 10.8 Å². The molecule has 3 N–H and O–H groups in total. The molecule has 0 aliphatic rings. The van der Waals surface area contributed by atoms with E-state index in [1.165, 1.54) is 4.88 Å². The van der Waals surface area contributed by atoms with Gasteiger partial charge in [0.05, 0.1) is 0 Å². The fourth-order valence-electron chi connectivity index (χ4n) is 0.871. The lowest BCUT2D eigenvalue weighted by Crippen LogP contribution is -2.23. The molecule has 3 heteroatoms. The summed E-state index contributed by atoms with van der Waals surface area (Å²) in [6, 6.07) is 3.73. The summed E-state index contributed by atoms with van der Waals surface area (Å²) >= 11 is 1.59. The van der Waals surface area contributed by atoms with E-state index in [1.807, 2.05) is 19.1 Å². The van der Waals surface area contributed by atoms with Gasteiger partial charge in [-0.05, 0) is 26.0 Å². The predicted octanol–water partition coefficient (Wildman–Crippen LogP) is 1.44. The molecule has 2 nitrogen and oxygen atoms in total. The van der Waals surface area contributed by atoms with Crippen LogP contribution in [-0.2, 0) is 0 Å². The number of thiophene rings is 1. The van der Waals surface area contributed by atoms with Gasteiger partial charge in [0.25, 0.3) is 0 Å². The van der Waals surface area contributed by atoms with Crippen molar-refractivity contribution in [3.05, 3.63) is 21.9 Å². The van der Waals surface area contributed by atoms with Crippen LogP contribution in [0.3, 0.4) is 0 Å². The van der Waals surface area contributed by atoms with Crippen LogP contribution in [0.1, 0.15) is 22.8 Å². The molecule has 0 radical (unpaired) electrons. The van der Waals surface area contributed by atoms with Gasteiger partial charge in [0.2, 0.25) is 0 Å². The zero-order valence-corrected chi connectivity index (χ0v) is 7.56. The van der Waals surface area contributed by atoms with Crippen LogP contribution in [0.2, 0.25) is 0 Å². The SMILES string of the molecule is Cc1ccc([C@@H](O)[C@@H](C)N)s1. The summed E-state index contributed by atoms with van der Waals surface area (Å²) in [5.74, 6) is 0. The largest absolute Gasteiger partial charge is 0.386 e. The molecule has 0 aromatic carbocycles. The molecule has 62 valence electrons. The number of rotatable bonds is 2. The van der Waals surface area contributed by atoms with E-state index in [0.717, 1.165) is 4.88 Å². The van der Waals surface area contributed by atoms with Crippen molar-refractivity contribution >= 4 is 11.3 Å². The van der Waals surface area contributed by atoms with Gasteiger partial charge in [0, 0.05) is 15.8 Å². The minimum absolute atomic E-state index is 0.187. The van der Waals surface area contributed by atoms with Crippen LogP contribution >= 0.6 is 11.3 Å². The molecular formula is C8H13NOS. The maximum Gasteiger partial charge on any atom is 0.103 e. The Kier molecular flexibility index (Phi) is 2.65. The van der Waals surface area contributed by atoms with Gasteiger partial charge in [-0.15, -0.1) is 11.3 Å². The van der Waals surface area contributed by atoms with Crippen molar-refractivity contribution in [2.24, 2.45) is 5.73 Å². The van der Waals surface area contributed by atoms with E-state index in [4.69, 9.17) is 5.73 Å². The average Bonchev–Trinajstić information content (AvgIpc) is 2.34. The molecule has 1 aromatic rings. The lowest BCUT2D eigenvalue weighted by molar-refractivity contribution is 0.157. The first-order valence-corrected chi connectivity index (χ1v) is 4.43. The zero-order valence-electron chi connectivity index (χ0n) is 6.74. The Labute approximate surface area is 70.7 Å². The second kappa shape index (κ2) is 3.34. The highest BCUT2D eigenvalue weighted by Gasteiger charge is 2.13. The second-order valence-corrected chi connectivity index (χ2v) is 4.07. The monoisotopic (exact) mass is 171 g/mol. The van der Waals surface area contributed by atoms with Crippen molar-refractivity contribution in [3.8, 4) is 0 Å². The van der Waals surface area contributed by atoms with E-state index in [9.17, 15) is 5.11 Å². The van der Waals surface area contributed by atoms with E-state index in [1.54, 1.807) is 18.3 Å². The Morgan fingerprint density at radius 1 is 1.55 bits per heavy atom. The minimum Gasteiger partial charge on any atom is -0.386 e. The Hall–Kier alpha value is -0.380. The topological polar surface area (TPSA) is 46.2 Å². The van der Waals surface area contributed by atoms with Crippen molar-refractivity contribution in [2.75, 3.05) is 0 Å². The summed E-state index contributed by atoms with van der Waals surface area (Å²) in [6.07, 6.45) is -0.506. The van der Waals surface area contributed by atoms with Crippen LogP contribution in [0, 0.1) is 6.92 Å². The van der Waals surface area contributed by atoms with Crippen molar-refractivity contribution in [3.63, 3.8) is 0 Å². The van der Waals surface area contributed by atoms with Gasteiger partial charge in [-0.2, -0.15) is 0 Å². The van der Waals surface area contributed by atoms with Gasteiger partial charge >= 0.3 is 0 Å². The molecule has 0 fully saturated rings. The molecule has 0 amide bonds. The Bertz CT molecular complexity index is 232. The first-order chi connectivity index (χ1) is 5.11. The molecule has 0 aliphatic carbocycles. The highest BCUT2D eigenvalue weighted by molar-refractivity contribution is 7.12. The normalized spacial score (nSPS) is 16.4. The van der Waals surface area contributed by atoms with Crippen LogP contribution in [0.15, 0.2) is 12.1 Å². The maximum atomic E-state index is 9.50. The first kappa shape index (κ1) is 8.71. The summed E-state index contributed by atoms with van der Waals surface area (Å²) in [4.78, 5) is 2.16. The molecule has 0 unspecified atom stereocenters. The van der Waals surface area contributed by atoms with Crippen molar-refractivity contribution < 1.29 is 5.11 Å². The standard InChI is InChI=1S/C8H13NOS/c1-5-3-4-7(11-5)8(10)6(2)9/h3-4,6,8,10H,9H2,1-2H3/t6-,8+/m1/s1. The van der Waals surface area contributed by atoms with Gasteiger partial charge in [0.1, 0.15) is 6.10 Å². The Balaban J connectivity index is 2.76. The molecule has 0 aliphatic heterocycles. The summed E-state index contributed by atoms with van der Waals surface area (Å²) in [5, 5.41) is 9.50. The van der Waals surface area contributed by atoms with Crippen LogP contribution in [0.4, 0.5) is 0 Å². The second-order valence-electron chi connectivity index (χ2n) is 2.75. The summed E-state index contributed by atoms with van der Waals surface area (Å²) in [5.41, 5.74) is 5.53. The van der Waals surface area contributed by atoms with E-state index < -0.39 is 6.10 Å². The lowest BCUT2D eigenvalue weighted by Gasteiger charge is -2.11. The average molecular weight is 171 g/mol. The summed E-state index contributed by atoms with van der Waals surface area (Å²) < 4.78 is 0. The number of aliphatic hydroxyl groups excluding tert-OH is 1. The van der Waals surface area contributed by atoms with E-state index >= 15 is 0 Å². The number of hydrogen-bond donors (Lipinski definition) is 2. The van der Waals surface area contributed by atoms with Crippen LogP contribution in [0.5, 0.6) is 0 Å². The van der Waals surface area contributed by atoms with Crippen molar-refractivity contribution in [2.45, 2.75) is 26.0 Å². The predicted molar refractivity (Wildman–Crippen MR) is 47.7 cm³/mol. The third-order valence-electron chi connectivity index (χ3n) is 1.55. The number of aryl methyl sites for hydroxylation is 1. The molecule has 1 rings (SSSR count). The van der Waals surface area contributed by atoms with Gasteiger partial charge in [0.15, 0.2) is 0 Å². The van der Waals surface area contributed by atoms with E-state index in [2.05, 4.69) is 0 Å². The third kappa shape index (κ3) is 2.02. The number of nitrogens with two attached hydrogens (primary N) is 1. The summed E-state index contributed by atoms with van der Waals surface area (Å²) in [6.45, 7) is 3.82. The third-order valence-corrected chi connectivity index (χ3v) is 2.62. The Morgan fingerprint density at radius 2 is 2.18 bits per heavy atom.